The quantitative estimate of drug-likeness (QED) is 0.446. The van der Waals surface area contributed by atoms with Crippen LogP contribution in [-0.4, -0.2) is 27.6 Å². The second-order valence-electron chi connectivity index (χ2n) is 9.22. The summed E-state index contributed by atoms with van der Waals surface area (Å²) in [6.07, 6.45) is 0. The van der Waals surface area contributed by atoms with Gasteiger partial charge in [-0.3, -0.25) is 19.3 Å². The molecule has 3 rings (SSSR count). The normalized spacial score (nSPS) is 12.4. The Morgan fingerprint density at radius 1 is 1.09 bits per heavy atom. The maximum Gasteiger partial charge on any atom is 0.273 e. The lowest BCUT2D eigenvalue weighted by Gasteiger charge is -2.33. The number of rotatable bonds is 7. The molecule has 2 aromatic heterocycles. The van der Waals surface area contributed by atoms with Crippen LogP contribution in [0.1, 0.15) is 77.2 Å². The van der Waals surface area contributed by atoms with Crippen molar-refractivity contribution in [1.29, 1.82) is 0 Å². The predicted octanol–water partition coefficient (Wildman–Crippen LogP) is 4.31. The molecule has 1 atom stereocenters. The lowest BCUT2D eigenvalue weighted by Crippen LogP contribution is -2.49. The lowest BCUT2D eigenvalue weighted by molar-refractivity contribution is -0.123. The number of carbonyl (C=O) groups excluding carboxylic acids is 3. The second kappa shape index (κ2) is 9.94. The van der Waals surface area contributed by atoms with E-state index in [9.17, 15) is 14.4 Å². The summed E-state index contributed by atoms with van der Waals surface area (Å²) in [5.74, 6) is -1.40. The Hall–Kier alpha value is -3.24. The first-order valence-electron chi connectivity index (χ1n) is 10.7. The fourth-order valence-electron chi connectivity index (χ4n) is 3.40. The van der Waals surface area contributed by atoms with Crippen molar-refractivity contribution >= 4 is 52.0 Å². The van der Waals surface area contributed by atoms with Gasteiger partial charge in [0.05, 0.1) is 5.69 Å². The van der Waals surface area contributed by atoms with E-state index in [0.29, 0.717) is 16.5 Å². The summed E-state index contributed by atoms with van der Waals surface area (Å²) < 4.78 is 3.97. The third-order valence-electron chi connectivity index (χ3n) is 5.03. The zero-order valence-corrected chi connectivity index (χ0v) is 21.4. The number of aromatic nitrogens is 1. The monoisotopic (exact) mass is 499 g/mol. The first-order chi connectivity index (χ1) is 15.9. The number of thiophene rings is 1. The van der Waals surface area contributed by atoms with Crippen LogP contribution in [0.15, 0.2) is 41.8 Å². The van der Waals surface area contributed by atoms with Crippen LogP contribution in [0, 0.1) is 0 Å². The minimum Gasteiger partial charge on any atom is -0.395 e. The molecule has 180 valence electrons. The molecular weight excluding hydrogens is 470 g/mol. The molecule has 0 saturated heterocycles. The largest absolute Gasteiger partial charge is 0.395 e. The van der Waals surface area contributed by atoms with Gasteiger partial charge < -0.3 is 16.8 Å². The number of nitrogens with zero attached hydrogens (tertiary/aromatic N) is 2. The SMILES string of the molecule is CC(C)c1ccc(N(C(=O)c2snc(C(N)=O)c2N)C(C(=O)NC(C)(C)C)c2cccs2)cc1. The van der Waals surface area contributed by atoms with E-state index in [1.165, 1.54) is 16.2 Å². The number of nitrogens with two attached hydrogens (primary N) is 2. The third-order valence-corrected chi connectivity index (χ3v) is 6.81. The average molecular weight is 500 g/mol. The highest BCUT2D eigenvalue weighted by Crippen LogP contribution is 2.35. The third kappa shape index (κ3) is 5.45. The summed E-state index contributed by atoms with van der Waals surface area (Å²) in [7, 11) is 0. The number of amides is 3. The average Bonchev–Trinajstić information content (AvgIpc) is 3.40. The van der Waals surface area contributed by atoms with Crippen LogP contribution in [0.25, 0.3) is 0 Å². The fourth-order valence-corrected chi connectivity index (χ4v) is 4.96. The van der Waals surface area contributed by atoms with Crippen molar-refractivity contribution in [3.05, 3.63) is 62.8 Å². The van der Waals surface area contributed by atoms with Crippen LogP contribution in [0.5, 0.6) is 0 Å². The summed E-state index contributed by atoms with van der Waals surface area (Å²) in [6, 6.07) is 10.2. The molecule has 0 bridgehead atoms. The number of carbonyl (C=O) groups is 3. The highest BCUT2D eigenvalue weighted by atomic mass is 32.1. The van der Waals surface area contributed by atoms with Crippen molar-refractivity contribution in [2.75, 3.05) is 10.6 Å². The molecule has 2 heterocycles. The van der Waals surface area contributed by atoms with Gasteiger partial charge in [0.2, 0.25) is 5.91 Å². The topological polar surface area (TPSA) is 131 Å². The van der Waals surface area contributed by atoms with Gasteiger partial charge in [-0.25, -0.2) is 0 Å². The Kier molecular flexibility index (Phi) is 7.42. The van der Waals surface area contributed by atoms with Gasteiger partial charge in [-0.2, -0.15) is 4.37 Å². The Morgan fingerprint density at radius 2 is 1.74 bits per heavy atom. The van der Waals surface area contributed by atoms with Crippen LogP contribution < -0.4 is 21.7 Å². The highest BCUT2D eigenvalue weighted by molar-refractivity contribution is 7.10. The predicted molar refractivity (Wildman–Crippen MR) is 137 cm³/mol. The number of nitrogens with one attached hydrogen (secondary N) is 1. The van der Waals surface area contributed by atoms with Crippen molar-refractivity contribution in [3.8, 4) is 0 Å². The van der Waals surface area contributed by atoms with Crippen LogP contribution in [0.3, 0.4) is 0 Å². The Labute approximate surface area is 207 Å². The molecule has 0 aliphatic rings. The summed E-state index contributed by atoms with van der Waals surface area (Å²) in [5, 5.41) is 4.84. The first kappa shape index (κ1) is 25.4. The van der Waals surface area contributed by atoms with Gasteiger partial charge in [0.15, 0.2) is 11.7 Å². The molecular formula is C24H29N5O3S2. The number of hydrogen-bond donors (Lipinski definition) is 3. The Morgan fingerprint density at radius 3 is 2.21 bits per heavy atom. The van der Waals surface area contributed by atoms with E-state index < -0.39 is 23.4 Å². The minimum atomic E-state index is -0.963. The van der Waals surface area contributed by atoms with Crippen LogP contribution in [-0.2, 0) is 4.79 Å². The Bertz CT molecular complexity index is 1180. The Balaban J connectivity index is 2.19. The maximum atomic E-state index is 13.9. The smallest absolute Gasteiger partial charge is 0.273 e. The molecule has 0 fully saturated rings. The van der Waals surface area contributed by atoms with Crippen LogP contribution in [0.2, 0.25) is 0 Å². The molecule has 0 radical (unpaired) electrons. The van der Waals surface area contributed by atoms with Crippen molar-refractivity contribution in [2.45, 2.75) is 52.1 Å². The van der Waals surface area contributed by atoms with Crippen LogP contribution >= 0.6 is 22.9 Å². The number of hydrogen-bond acceptors (Lipinski definition) is 7. The molecule has 0 spiro atoms. The summed E-state index contributed by atoms with van der Waals surface area (Å²) in [4.78, 5) is 41.3. The maximum absolute atomic E-state index is 13.9. The van der Waals surface area contributed by atoms with Gasteiger partial charge in [-0.05, 0) is 67.4 Å². The molecule has 1 aromatic carbocycles. The number of nitrogen functional groups attached to an aromatic ring is 1. The minimum absolute atomic E-state index is 0.0480. The van der Waals surface area contributed by atoms with Gasteiger partial charge in [0, 0.05) is 16.1 Å². The molecule has 8 nitrogen and oxygen atoms in total. The van der Waals surface area contributed by atoms with Crippen LogP contribution in [0.4, 0.5) is 11.4 Å². The van der Waals surface area contributed by atoms with Gasteiger partial charge in [-0.15, -0.1) is 11.3 Å². The standard InChI is InChI=1S/C24H29N5O3S2/c1-13(2)14-8-10-15(11-9-14)29(23(32)20-17(25)18(21(26)30)28-34-20)19(16-7-6-12-33-16)22(31)27-24(3,4)5/h6-13,19H,25H2,1-5H3,(H2,26,30)(H,27,31). The van der Waals surface area contributed by atoms with Crippen molar-refractivity contribution in [3.63, 3.8) is 0 Å². The molecule has 34 heavy (non-hydrogen) atoms. The molecule has 10 heteroatoms. The fraction of sp³-hybridized carbons (Fsp3) is 0.333. The summed E-state index contributed by atoms with van der Waals surface area (Å²) >= 11 is 2.16. The number of benzene rings is 1. The van der Waals surface area contributed by atoms with Gasteiger partial charge in [-0.1, -0.05) is 32.0 Å². The number of anilines is 2. The molecule has 0 aliphatic heterocycles. The second-order valence-corrected chi connectivity index (χ2v) is 11.0. The zero-order valence-electron chi connectivity index (χ0n) is 19.8. The summed E-state index contributed by atoms with van der Waals surface area (Å²) in [5.41, 5.74) is 12.3. The van der Waals surface area contributed by atoms with E-state index >= 15 is 0 Å². The highest BCUT2D eigenvalue weighted by Gasteiger charge is 2.37. The van der Waals surface area contributed by atoms with E-state index in [0.717, 1.165) is 17.1 Å². The van der Waals surface area contributed by atoms with E-state index in [-0.39, 0.29) is 22.2 Å². The molecule has 3 aromatic rings. The van der Waals surface area contributed by atoms with Crippen molar-refractivity contribution in [1.82, 2.24) is 9.69 Å². The molecule has 1 unspecified atom stereocenters. The van der Waals surface area contributed by atoms with E-state index in [2.05, 4.69) is 23.5 Å². The summed E-state index contributed by atoms with van der Waals surface area (Å²) in [6.45, 7) is 9.78. The zero-order chi connectivity index (χ0) is 25.2. The van der Waals surface area contributed by atoms with Crippen molar-refractivity contribution < 1.29 is 14.4 Å². The number of primary amides is 1. The molecule has 0 saturated carbocycles. The molecule has 0 aliphatic carbocycles. The van der Waals surface area contributed by atoms with Gasteiger partial charge in [0.1, 0.15) is 4.88 Å². The molecule has 3 amide bonds. The van der Waals surface area contributed by atoms with Crippen molar-refractivity contribution in [2.24, 2.45) is 5.73 Å². The van der Waals surface area contributed by atoms with E-state index in [1.807, 2.05) is 62.5 Å². The van der Waals surface area contributed by atoms with Gasteiger partial charge in [0.25, 0.3) is 11.8 Å². The van der Waals surface area contributed by atoms with E-state index in [1.54, 1.807) is 0 Å². The van der Waals surface area contributed by atoms with Gasteiger partial charge >= 0.3 is 0 Å². The first-order valence-corrected chi connectivity index (χ1v) is 12.4. The molecule has 5 N–H and O–H groups in total. The van der Waals surface area contributed by atoms with E-state index in [4.69, 9.17) is 11.5 Å². The lowest BCUT2D eigenvalue weighted by atomic mass is 10.0.